The van der Waals surface area contributed by atoms with Crippen LogP contribution in [0.2, 0.25) is 5.02 Å². The Morgan fingerprint density at radius 2 is 2.22 bits per heavy atom. The maximum absolute atomic E-state index is 8.74. The number of rotatable bonds is 4. The lowest BCUT2D eigenvalue weighted by molar-refractivity contribution is 0.415. The smallest absolute Gasteiger partial charge is 0.137 e. The summed E-state index contributed by atoms with van der Waals surface area (Å²) in [6.45, 7) is 0.676. The molecule has 0 amide bonds. The van der Waals surface area contributed by atoms with Crippen LogP contribution in [-0.2, 0) is 6.54 Å². The van der Waals surface area contributed by atoms with Crippen molar-refractivity contribution in [2.75, 3.05) is 12.4 Å². The van der Waals surface area contributed by atoms with Crippen LogP contribution in [0.15, 0.2) is 30.3 Å². The monoisotopic (exact) mass is 278 g/mol. The van der Waals surface area contributed by atoms with E-state index < -0.39 is 0 Å². The maximum Gasteiger partial charge on any atom is 0.137 e. The number of thiophene rings is 1. The molecule has 1 aromatic heterocycles. The van der Waals surface area contributed by atoms with Crippen LogP contribution >= 0.6 is 22.9 Å². The molecule has 2 aromatic rings. The Hall–Kier alpha value is -1.70. The normalized spacial score (nSPS) is 9.83. The van der Waals surface area contributed by atoms with Gasteiger partial charge in [0.25, 0.3) is 0 Å². The summed E-state index contributed by atoms with van der Waals surface area (Å²) in [5, 5.41) is 12.6. The largest absolute Gasteiger partial charge is 0.495 e. The van der Waals surface area contributed by atoms with Crippen LogP contribution in [-0.4, -0.2) is 7.11 Å². The zero-order chi connectivity index (χ0) is 13.0. The molecule has 0 atom stereocenters. The van der Waals surface area contributed by atoms with E-state index in [-0.39, 0.29) is 0 Å². The van der Waals surface area contributed by atoms with Crippen molar-refractivity contribution in [3.8, 4) is 11.8 Å². The molecule has 0 fully saturated rings. The van der Waals surface area contributed by atoms with Gasteiger partial charge in [-0.15, -0.1) is 11.3 Å². The van der Waals surface area contributed by atoms with Gasteiger partial charge >= 0.3 is 0 Å². The highest BCUT2D eigenvalue weighted by molar-refractivity contribution is 7.12. The van der Waals surface area contributed by atoms with Gasteiger partial charge in [0.05, 0.1) is 12.1 Å². The predicted octanol–water partition coefficient (Wildman–Crippen LogP) is 3.89. The molecule has 0 aliphatic heterocycles. The second-order valence-electron chi connectivity index (χ2n) is 3.58. The molecule has 0 unspecified atom stereocenters. The summed E-state index contributed by atoms with van der Waals surface area (Å²) in [6, 6.07) is 11.4. The number of ether oxygens (including phenoxy) is 1. The van der Waals surface area contributed by atoms with Crippen LogP contribution in [0.25, 0.3) is 0 Å². The number of nitrogens with zero attached hydrogens (tertiary/aromatic N) is 1. The van der Waals surface area contributed by atoms with Gasteiger partial charge in [0, 0.05) is 17.1 Å². The molecule has 0 aliphatic rings. The molecular weight excluding hydrogens is 268 g/mol. The standard InChI is InChI=1S/C13H11ClN2OS/c1-17-13-5-2-9(6-12(13)14)16-8-11-4-3-10(7-15)18-11/h2-6,16H,8H2,1H3. The van der Waals surface area contributed by atoms with Crippen LogP contribution in [0, 0.1) is 11.3 Å². The number of halogens is 1. The van der Waals surface area contributed by atoms with E-state index in [0.29, 0.717) is 17.3 Å². The van der Waals surface area contributed by atoms with E-state index in [4.69, 9.17) is 21.6 Å². The minimum absolute atomic E-state index is 0.575. The Morgan fingerprint density at radius 3 is 2.83 bits per heavy atom. The molecule has 3 nitrogen and oxygen atoms in total. The molecule has 1 N–H and O–H groups in total. The molecule has 0 radical (unpaired) electrons. The fourth-order valence-electron chi connectivity index (χ4n) is 1.50. The highest BCUT2D eigenvalue weighted by Crippen LogP contribution is 2.27. The van der Waals surface area contributed by atoms with Gasteiger partial charge in [0.2, 0.25) is 0 Å². The van der Waals surface area contributed by atoms with Crippen LogP contribution in [0.3, 0.4) is 0 Å². The minimum atomic E-state index is 0.575. The Morgan fingerprint density at radius 1 is 1.39 bits per heavy atom. The van der Waals surface area contributed by atoms with E-state index in [0.717, 1.165) is 15.4 Å². The summed E-state index contributed by atoms with van der Waals surface area (Å²) in [5.41, 5.74) is 0.924. The van der Waals surface area contributed by atoms with Crippen molar-refractivity contribution in [2.45, 2.75) is 6.54 Å². The number of methoxy groups -OCH3 is 1. The Bertz CT molecular complexity index is 589. The third kappa shape index (κ3) is 2.95. The summed E-state index contributed by atoms with van der Waals surface area (Å²) in [4.78, 5) is 1.83. The van der Waals surface area contributed by atoms with Gasteiger partial charge in [-0.3, -0.25) is 0 Å². The Kier molecular flexibility index (Phi) is 4.08. The second kappa shape index (κ2) is 5.76. The van der Waals surface area contributed by atoms with Gasteiger partial charge < -0.3 is 10.1 Å². The summed E-state index contributed by atoms with van der Waals surface area (Å²) in [6.07, 6.45) is 0. The van der Waals surface area contributed by atoms with Crippen molar-refractivity contribution in [1.29, 1.82) is 5.26 Å². The lowest BCUT2D eigenvalue weighted by Gasteiger charge is -2.07. The van der Waals surface area contributed by atoms with Gasteiger partial charge in [-0.2, -0.15) is 5.26 Å². The summed E-state index contributed by atoms with van der Waals surface area (Å²) in [7, 11) is 1.59. The molecule has 0 bridgehead atoms. The summed E-state index contributed by atoms with van der Waals surface area (Å²) >= 11 is 7.52. The molecule has 0 saturated carbocycles. The van der Waals surface area contributed by atoms with E-state index in [9.17, 15) is 0 Å². The molecule has 1 heterocycles. The van der Waals surface area contributed by atoms with Gasteiger partial charge in [-0.25, -0.2) is 0 Å². The van der Waals surface area contributed by atoms with Crippen molar-refractivity contribution >= 4 is 28.6 Å². The molecule has 92 valence electrons. The van der Waals surface area contributed by atoms with Crippen LogP contribution < -0.4 is 10.1 Å². The molecule has 0 spiro atoms. The lowest BCUT2D eigenvalue weighted by atomic mass is 10.3. The molecule has 18 heavy (non-hydrogen) atoms. The number of hydrogen-bond acceptors (Lipinski definition) is 4. The zero-order valence-corrected chi connectivity index (χ0v) is 11.3. The van der Waals surface area contributed by atoms with E-state index in [1.165, 1.54) is 11.3 Å². The van der Waals surface area contributed by atoms with Crippen LogP contribution in [0.4, 0.5) is 5.69 Å². The SMILES string of the molecule is COc1ccc(NCc2ccc(C#N)s2)cc1Cl. The number of nitriles is 1. The molecule has 0 aliphatic carbocycles. The first-order valence-electron chi connectivity index (χ1n) is 5.29. The molecule has 5 heteroatoms. The van der Waals surface area contributed by atoms with Gasteiger partial charge in [-0.05, 0) is 30.3 Å². The molecule has 1 aromatic carbocycles. The minimum Gasteiger partial charge on any atom is -0.495 e. The van der Waals surface area contributed by atoms with Gasteiger partial charge in [0.1, 0.15) is 16.7 Å². The van der Waals surface area contributed by atoms with Crippen molar-refractivity contribution in [2.24, 2.45) is 0 Å². The quantitative estimate of drug-likeness (QED) is 0.923. The average molecular weight is 279 g/mol. The third-order valence-electron chi connectivity index (χ3n) is 2.39. The number of anilines is 1. The lowest BCUT2D eigenvalue weighted by Crippen LogP contribution is -1.97. The Balaban J connectivity index is 2.02. The first kappa shape index (κ1) is 12.7. The van der Waals surface area contributed by atoms with Crippen molar-refractivity contribution in [3.63, 3.8) is 0 Å². The highest BCUT2D eigenvalue weighted by Gasteiger charge is 2.03. The second-order valence-corrected chi connectivity index (χ2v) is 5.16. The van der Waals surface area contributed by atoms with E-state index in [2.05, 4.69) is 11.4 Å². The first-order chi connectivity index (χ1) is 8.72. The first-order valence-corrected chi connectivity index (χ1v) is 6.48. The van der Waals surface area contributed by atoms with Gasteiger partial charge in [-0.1, -0.05) is 11.6 Å². The predicted molar refractivity (Wildman–Crippen MR) is 74.4 cm³/mol. The third-order valence-corrected chi connectivity index (χ3v) is 3.68. The van der Waals surface area contributed by atoms with Gasteiger partial charge in [0.15, 0.2) is 0 Å². The van der Waals surface area contributed by atoms with E-state index in [1.807, 2.05) is 30.3 Å². The van der Waals surface area contributed by atoms with E-state index >= 15 is 0 Å². The molecular formula is C13H11ClN2OS. The number of benzene rings is 1. The fourth-order valence-corrected chi connectivity index (χ4v) is 2.50. The number of nitrogens with one attached hydrogen (secondary N) is 1. The fraction of sp³-hybridized carbons (Fsp3) is 0.154. The highest BCUT2D eigenvalue weighted by atomic mass is 35.5. The van der Waals surface area contributed by atoms with Crippen LogP contribution in [0.5, 0.6) is 5.75 Å². The summed E-state index contributed by atoms with van der Waals surface area (Å²) in [5.74, 6) is 0.658. The topological polar surface area (TPSA) is 45.0 Å². The van der Waals surface area contributed by atoms with E-state index in [1.54, 1.807) is 7.11 Å². The summed E-state index contributed by atoms with van der Waals surface area (Å²) < 4.78 is 5.09. The zero-order valence-electron chi connectivity index (χ0n) is 9.74. The molecule has 0 saturated heterocycles. The maximum atomic E-state index is 8.74. The average Bonchev–Trinajstić information content (AvgIpc) is 2.84. The number of hydrogen-bond donors (Lipinski definition) is 1. The van der Waals surface area contributed by atoms with Crippen molar-refractivity contribution < 1.29 is 4.74 Å². The van der Waals surface area contributed by atoms with Crippen molar-refractivity contribution in [3.05, 3.63) is 45.1 Å². The van der Waals surface area contributed by atoms with Crippen LogP contribution in [0.1, 0.15) is 9.75 Å². The Labute approximate surface area is 115 Å². The molecule has 2 rings (SSSR count). The van der Waals surface area contributed by atoms with Crippen molar-refractivity contribution in [1.82, 2.24) is 0 Å².